The molecule has 190 valence electrons. The van der Waals surface area contributed by atoms with Gasteiger partial charge < -0.3 is 20.4 Å². The van der Waals surface area contributed by atoms with Crippen molar-refractivity contribution in [2.24, 2.45) is 0 Å². The third-order valence-corrected chi connectivity index (χ3v) is 7.00. The first kappa shape index (κ1) is 25.0. The molecule has 0 bridgehead atoms. The minimum atomic E-state index is -0.512. The van der Waals surface area contributed by atoms with Gasteiger partial charge in [-0.25, -0.2) is 0 Å². The Hall–Kier alpha value is -4.70. The molecule has 38 heavy (non-hydrogen) atoms. The van der Waals surface area contributed by atoms with Gasteiger partial charge in [0.05, 0.1) is 0 Å². The Labute approximate surface area is 222 Å². The first-order valence-electron chi connectivity index (χ1n) is 12.8. The summed E-state index contributed by atoms with van der Waals surface area (Å²) in [6, 6.07) is 33.0. The second kappa shape index (κ2) is 10.7. The monoisotopic (exact) mass is 502 g/mol. The average molecular weight is 503 g/mol. The summed E-state index contributed by atoms with van der Waals surface area (Å²) in [7, 11) is 0. The maximum Gasteiger partial charge on any atom is 0.127 e. The van der Waals surface area contributed by atoms with E-state index in [1.807, 2.05) is 48.5 Å². The fourth-order valence-electron chi connectivity index (χ4n) is 5.12. The maximum absolute atomic E-state index is 11.6. The van der Waals surface area contributed by atoms with E-state index in [1.165, 1.54) is 5.56 Å². The summed E-state index contributed by atoms with van der Waals surface area (Å²) in [4.78, 5) is 0. The molecule has 0 aromatic heterocycles. The van der Waals surface area contributed by atoms with E-state index in [2.05, 4.69) is 19.1 Å². The average Bonchev–Trinajstić information content (AvgIpc) is 2.93. The fourth-order valence-corrected chi connectivity index (χ4v) is 5.12. The molecule has 4 heteroatoms. The van der Waals surface area contributed by atoms with Gasteiger partial charge >= 0.3 is 0 Å². The lowest BCUT2D eigenvalue weighted by atomic mass is 9.81. The SMILES string of the molecule is CCCc1ccc(C(c2cccc(-c3ccccc3O)c2O)c2cccc(-c3ccccc3O)c2O)cc1. The molecule has 0 atom stereocenters. The molecule has 0 radical (unpaired) electrons. The Bertz CT molecular complexity index is 1480. The minimum Gasteiger partial charge on any atom is -0.507 e. The highest BCUT2D eigenvalue weighted by Gasteiger charge is 2.26. The standard InChI is InChI=1S/C34H30O4/c1-2-9-22-18-20-23(21-19-22)32(28-14-7-12-26(33(28)37)24-10-3-5-16-30(24)35)29-15-8-13-27(34(29)38)25-11-4-6-17-31(25)36/h3-8,10-21,32,35-38H,2,9H2,1H3. The predicted molar refractivity (Wildman–Crippen MR) is 152 cm³/mol. The number of aryl methyl sites for hydroxylation is 1. The van der Waals surface area contributed by atoms with Crippen LogP contribution in [0.3, 0.4) is 0 Å². The van der Waals surface area contributed by atoms with Crippen LogP contribution in [0.15, 0.2) is 109 Å². The first-order valence-corrected chi connectivity index (χ1v) is 12.8. The molecule has 0 fully saturated rings. The van der Waals surface area contributed by atoms with Gasteiger partial charge in [0.25, 0.3) is 0 Å². The van der Waals surface area contributed by atoms with Crippen LogP contribution in [0.4, 0.5) is 0 Å². The zero-order valence-corrected chi connectivity index (χ0v) is 21.2. The molecule has 4 N–H and O–H groups in total. The molecule has 0 saturated heterocycles. The van der Waals surface area contributed by atoms with Crippen LogP contribution in [0.2, 0.25) is 0 Å². The number of phenolic OH excluding ortho intramolecular Hbond substituents is 4. The second-order valence-electron chi connectivity index (χ2n) is 9.45. The fraction of sp³-hybridized carbons (Fsp3) is 0.118. The quantitative estimate of drug-likeness (QED) is 0.170. The molecule has 5 rings (SSSR count). The number of aromatic hydroxyl groups is 4. The Morgan fingerprint density at radius 2 is 0.947 bits per heavy atom. The Morgan fingerprint density at radius 3 is 1.39 bits per heavy atom. The lowest BCUT2D eigenvalue weighted by molar-refractivity contribution is 0.457. The number of rotatable bonds is 7. The van der Waals surface area contributed by atoms with E-state index in [-0.39, 0.29) is 23.0 Å². The highest BCUT2D eigenvalue weighted by atomic mass is 16.3. The van der Waals surface area contributed by atoms with Crippen LogP contribution in [-0.4, -0.2) is 20.4 Å². The van der Waals surface area contributed by atoms with Crippen LogP contribution in [0.25, 0.3) is 22.3 Å². The highest BCUT2D eigenvalue weighted by molar-refractivity contribution is 5.80. The lowest BCUT2D eigenvalue weighted by Gasteiger charge is -2.24. The van der Waals surface area contributed by atoms with Crippen LogP contribution in [0.5, 0.6) is 23.0 Å². The van der Waals surface area contributed by atoms with Crippen molar-refractivity contribution in [2.45, 2.75) is 25.7 Å². The number of hydrogen-bond acceptors (Lipinski definition) is 4. The molecule has 4 nitrogen and oxygen atoms in total. The number of phenols is 4. The zero-order valence-electron chi connectivity index (χ0n) is 21.2. The van der Waals surface area contributed by atoms with E-state index >= 15 is 0 Å². The summed E-state index contributed by atoms with van der Waals surface area (Å²) in [6.45, 7) is 2.14. The molecule has 5 aromatic rings. The van der Waals surface area contributed by atoms with Crippen molar-refractivity contribution in [3.8, 4) is 45.3 Å². The van der Waals surface area contributed by atoms with Crippen LogP contribution in [0.1, 0.15) is 41.5 Å². The van der Waals surface area contributed by atoms with Crippen LogP contribution in [-0.2, 0) is 6.42 Å². The van der Waals surface area contributed by atoms with Gasteiger partial charge in [0.15, 0.2) is 0 Å². The second-order valence-corrected chi connectivity index (χ2v) is 9.45. The van der Waals surface area contributed by atoms with Gasteiger partial charge in [-0.2, -0.15) is 0 Å². The molecule has 0 aliphatic rings. The summed E-state index contributed by atoms with van der Waals surface area (Å²) in [5.74, 6) is -0.301. The smallest absolute Gasteiger partial charge is 0.127 e. The van der Waals surface area contributed by atoms with E-state index in [0.717, 1.165) is 18.4 Å². The summed E-state index contributed by atoms with van der Waals surface area (Å²) in [5.41, 5.74) is 5.37. The third-order valence-electron chi connectivity index (χ3n) is 7.00. The van der Waals surface area contributed by atoms with Crippen molar-refractivity contribution in [1.82, 2.24) is 0 Å². The van der Waals surface area contributed by atoms with Crippen molar-refractivity contribution >= 4 is 0 Å². The Morgan fingerprint density at radius 1 is 0.500 bits per heavy atom. The van der Waals surface area contributed by atoms with Gasteiger partial charge in [0.1, 0.15) is 23.0 Å². The summed E-state index contributed by atoms with van der Waals surface area (Å²) >= 11 is 0. The molecule has 0 aliphatic carbocycles. The molecule has 5 aromatic carbocycles. The predicted octanol–water partition coefficient (Wildman–Crippen LogP) is 7.98. The minimum absolute atomic E-state index is 0.0315. The van der Waals surface area contributed by atoms with Gasteiger partial charge in [0, 0.05) is 39.3 Å². The molecule has 0 heterocycles. The van der Waals surface area contributed by atoms with Gasteiger partial charge in [-0.15, -0.1) is 0 Å². The van der Waals surface area contributed by atoms with Crippen LogP contribution < -0.4 is 0 Å². The van der Waals surface area contributed by atoms with Crippen molar-refractivity contribution in [3.63, 3.8) is 0 Å². The van der Waals surface area contributed by atoms with Crippen LogP contribution >= 0.6 is 0 Å². The maximum atomic E-state index is 11.6. The van der Waals surface area contributed by atoms with Crippen molar-refractivity contribution in [3.05, 3.63) is 131 Å². The number of hydrogen-bond donors (Lipinski definition) is 4. The lowest BCUT2D eigenvalue weighted by Crippen LogP contribution is -2.06. The van der Waals surface area contributed by atoms with E-state index in [9.17, 15) is 20.4 Å². The van der Waals surface area contributed by atoms with Crippen molar-refractivity contribution < 1.29 is 20.4 Å². The topological polar surface area (TPSA) is 80.9 Å². The van der Waals surface area contributed by atoms with E-state index < -0.39 is 5.92 Å². The zero-order chi connectivity index (χ0) is 26.6. The van der Waals surface area contributed by atoms with Crippen LogP contribution in [0, 0.1) is 0 Å². The Balaban J connectivity index is 1.73. The number of benzene rings is 5. The number of para-hydroxylation sites is 4. The van der Waals surface area contributed by atoms with Crippen molar-refractivity contribution in [1.29, 1.82) is 0 Å². The van der Waals surface area contributed by atoms with Gasteiger partial charge in [-0.05, 0) is 29.7 Å². The summed E-state index contributed by atoms with van der Waals surface area (Å²) < 4.78 is 0. The normalized spacial score (nSPS) is 11.1. The first-order chi connectivity index (χ1) is 18.5. The van der Waals surface area contributed by atoms with Gasteiger partial charge in [-0.1, -0.05) is 110 Å². The van der Waals surface area contributed by atoms with E-state index in [4.69, 9.17) is 0 Å². The Kier molecular flexibility index (Phi) is 7.05. The molecule has 0 amide bonds. The molecule has 0 spiro atoms. The summed E-state index contributed by atoms with van der Waals surface area (Å²) in [5, 5.41) is 44.2. The molecule has 0 unspecified atom stereocenters. The highest BCUT2D eigenvalue weighted by Crippen LogP contribution is 2.47. The van der Waals surface area contributed by atoms with Crippen molar-refractivity contribution in [2.75, 3.05) is 0 Å². The van der Waals surface area contributed by atoms with Gasteiger partial charge in [0.2, 0.25) is 0 Å². The largest absolute Gasteiger partial charge is 0.507 e. The summed E-state index contributed by atoms with van der Waals surface area (Å²) in [6.07, 6.45) is 2.00. The molecule has 0 aliphatic heterocycles. The van der Waals surface area contributed by atoms with E-state index in [0.29, 0.717) is 33.4 Å². The molecule has 0 saturated carbocycles. The van der Waals surface area contributed by atoms with Gasteiger partial charge in [-0.3, -0.25) is 0 Å². The molecular formula is C34H30O4. The molecular weight excluding hydrogens is 472 g/mol. The van der Waals surface area contributed by atoms with E-state index in [1.54, 1.807) is 48.5 Å². The third kappa shape index (κ3) is 4.69.